The highest BCUT2D eigenvalue weighted by molar-refractivity contribution is 7.26. The summed E-state index contributed by atoms with van der Waals surface area (Å²) in [6.07, 6.45) is 0. The van der Waals surface area contributed by atoms with E-state index in [9.17, 15) is 0 Å². The number of aromatic nitrogens is 4. The molecule has 0 saturated carbocycles. The van der Waals surface area contributed by atoms with E-state index in [-0.39, 0.29) is 0 Å². The Morgan fingerprint density at radius 1 is 0.177 bits per heavy atom. The molecule has 366 valence electrons. The van der Waals surface area contributed by atoms with Crippen molar-refractivity contribution in [2.24, 2.45) is 0 Å². The quantitative estimate of drug-likeness (QED) is 0.167. The first kappa shape index (κ1) is 42.6. The molecule has 4 nitrogen and oxygen atoms in total. The molecule has 0 N–H and O–H groups in total. The summed E-state index contributed by atoms with van der Waals surface area (Å²) in [5.41, 5.74) is 14.2. The van der Waals surface area contributed by atoms with Gasteiger partial charge in [-0.2, -0.15) is 0 Å². The highest BCUT2D eigenvalue weighted by Crippen LogP contribution is 2.47. The fourth-order valence-corrected chi connectivity index (χ4v) is 17.1. The van der Waals surface area contributed by atoms with E-state index in [1.165, 1.54) is 159 Å². The lowest BCUT2D eigenvalue weighted by Crippen LogP contribution is -1.99. The summed E-state index contributed by atoms with van der Waals surface area (Å²) >= 11 is 5.62. The molecular formula is C72H40N4S3. The number of thiophene rings is 3. The zero-order chi connectivity index (χ0) is 51.2. The number of para-hydroxylation sites is 4. The van der Waals surface area contributed by atoms with Gasteiger partial charge in [0.2, 0.25) is 0 Å². The number of hydrogen-bond donors (Lipinski definition) is 0. The minimum Gasteiger partial charge on any atom is -0.307 e. The minimum atomic E-state index is 1.14. The van der Waals surface area contributed by atoms with Gasteiger partial charge in [0.1, 0.15) is 0 Å². The van der Waals surface area contributed by atoms with Gasteiger partial charge in [-0.05, 0) is 109 Å². The largest absolute Gasteiger partial charge is 0.307 e. The van der Waals surface area contributed by atoms with Crippen LogP contribution in [0.4, 0.5) is 0 Å². The van der Waals surface area contributed by atoms with Crippen molar-refractivity contribution in [1.82, 2.24) is 18.3 Å². The summed E-state index contributed by atoms with van der Waals surface area (Å²) in [5.74, 6) is 0. The van der Waals surface area contributed by atoms with Gasteiger partial charge in [0, 0.05) is 126 Å². The molecule has 0 aliphatic heterocycles. The smallest absolute Gasteiger partial charge is 0.0788 e. The summed E-state index contributed by atoms with van der Waals surface area (Å²) in [7, 11) is 0. The van der Waals surface area contributed by atoms with Crippen LogP contribution in [0.15, 0.2) is 243 Å². The van der Waals surface area contributed by atoms with Crippen LogP contribution in [0.25, 0.3) is 170 Å². The van der Waals surface area contributed by atoms with Gasteiger partial charge < -0.3 is 18.3 Å². The van der Waals surface area contributed by atoms with Gasteiger partial charge in [-0.3, -0.25) is 0 Å². The van der Waals surface area contributed by atoms with Crippen molar-refractivity contribution in [3.05, 3.63) is 243 Å². The minimum absolute atomic E-state index is 1.14. The number of fused-ring (bicyclic) bond motifs is 23. The van der Waals surface area contributed by atoms with Crippen LogP contribution in [0.1, 0.15) is 0 Å². The molecule has 0 atom stereocenters. The lowest BCUT2D eigenvalue weighted by molar-refractivity contribution is 1.15. The first-order valence-electron chi connectivity index (χ1n) is 26.9. The summed E-state index contributed by atoms with van der Waals surface area (Å²) in [5, 5.41) is 17.7. The van der Waals surface area contributed by atoms with Gasteiger partial charge in [0.25, 0.3) is 0 Å². The second kappa shape index (κ2) is 15.6. The van der Waals surface area contributed by atoms with Gasteiger partial charge in [0.05, 0.1) is 44.1 Å². The molecule has 0 saturated heterocycles. The highest BCUT2D eigenvalue weighted by Gasteiger charge is 2.25. The van der Waals surface area contributed by atoms with Gasteiger partial charge in [-0.1, -0.05) is 133 Å². The topological polar surface area (TPSA) is 19.7 Å². The van der Waals surface area contributed by atoms with Crippen LogP contribution in [0.3, 0.4) is 0 Å². The van der Waals surface area contributed by atoms with E-state index in [1.54, 1.807) is 0 Å². The number of nitrogens with zero attached hydrogens (tertiary/aromatic N) is 4. The molecule has 0 aliphatic rings. The standard InChI is InChI=1S/C72H40N4S3/c1-7-19-59-45(13-1)51-29-31-53-47-15-3-9-21-61(47)75(71(53)69(51)73(59)41-25-33-65-55(37-41)49-17-5-11-23-63(49)77-65)43-27-35-67-57(39-43)58-40-44(28-36-68(58)79-67)76-62-22-10-4-16-48(62)54-32-30-52-46-14-2-8-20-60(46)74(70(52)72(54)76)42-26-34-66-56(38-42)50-18-6-12-24-64(50)78-66/h1-40H. The first-order valence-corrected chi connectivity index (χ1v) is 29.3. The molecule has 7 heterocycles. The molecule has 0 fully saturated rings. The Hall–Kier alpha value is -9.50. The van der Waals surface area contributed by atoms with Crippen LogP contribution >= 0.6 is 34.0 Å². The predicted molar refractivity (Wildman–Crippen MR) is 342 cm³/mol. The maximum Gasteiger partial charge on any atom is 0.0788 e. The van der Waals surface area contributed by atoms with Crippen LogP contribution < -0.4 is 0 Å². The average molecular weight is 1060 g/mol. The van der Waals surface area contributed by atoms with Crippen LogP contribution in [0, 0.1) is 0 Å². The van der Waals surface area contributed by atoms with E-state index in [4.69, 9.17) is 0 Å². The third-order valence-corrected chi connectivity index (χ3v) is 20.6. The molecule has 0 bridgehead atoms. The molecule has 12 aromatic carbocycles. The average Bonchev–Trinajstić information content (AvgIpc) is 4.53. The summed E-state index contributed by atoms with van der Waals surface area (Å²) in [6, 6.07) is 91.4. The molecule has 19 aromatic rings. The highest BCUT2D eigenvalue weighted by atomic mass is 32.1. The summed E-state index contributed by atoms with van der Waals surface area (Å²) in [4.78, 5) is 0. The van der Waals surface area contributed by atoms with E-state index in [1.807, 2.05) is 34.0 Å². The maximum atomic E-state index is 2.55. The van der Waals surface area contributed by atoms with E-state index >= 15 is 0 Å². The van der Waals surface area contributed by atoms with Crippen molar-refractivity contribution < 1.29 is 0 Å². The van der Waals surface area contributed by atoms with Crippen LogP contribution in [-0.2, 0) is 0 Å². The number of hydrogen-bond acceptors (Lipinski definition) is 3. The lowest BCUT2D eigenvalue weighted by atomic mass is 10.1. The molecule has 0 unspecified atom stereocenters. The molecule has 0 spiro atoms. The van der Waals surface area contributed by atoms with E-state index in [0.717, 1.165) is 11.4 Å². The molecule has 79 heavy (non-hydrogen) atoms. The Morgan fingerprint density at radius 3 is 0.696 bits per heavy atom. The third kappa shape index (κ3) is 5.70. The Balaban J connectivity index is 0.869. The Bertz CT molecular complexity index is 5530. The second-order valence-corrected chi connectivity index (χ2v) is 24.4. The zero-order valence-corrected chi connectivity index (χ0v) is 44.6. The normalized spacial score (nSPS) is 12.6. The molecule has 0 amide bonds. The van der Waals surface area contributed by atoms with Crippen molar-refractivity contribution >= 4 is 182 Å². The Kier molecular flexibility index (Phi) is 8.40. The predicted octanol–water partition coefficient (Wildman–Crippen LogP) is 21.2. The fourth-order valence-electron chi connectivity index (χ4n) is 13.8. The van der Waals surface area contributed by atoms with Crippen molar-refractivity contribution in [3.63, 3.8) is 0 Å². The van der Waals surface area contributed by atoms with Crippen LogP contribution in [0.5, 0.6) is 0 Å². The number of benzene rings is 12. The van der Waals surface area contributed by atoms with Crippen molar-refractivity contribution in [3.8, 4) is 22.7 Å². The second-order valence-electron chi connectivity index (χ2n) is 21.1. The molecule has 7 aromatic heterocycles. The van der Waals surface area contributed by atoms with Crippen LogP contribution in [-0.4, -0.2) is 18.3 Å². The molecule has 7 heteroatoms. The van der Waals surface area contributed by atoms with Gasteiger partial charge in [-0.25, -0.2) is 0 Å². The first-order chi connectivity index (χ1) is 39.2. The fraction of sp³-hybridized carbons (Fsp3) is 0. The van der Waals surface area contributed by atoms with E-state index in [0.29, 0.717) is 0 Å². The van der Waals surface area contributed by atoms with Crippen molar-refractivity contribution in [2.75, 3.05) is 0 Å². The maximum absolute atomic E-state index is 2.55. The summed E-state index contributed by atoms with van der Waals surface area (Å²) in [6.45, 7) is 0. The molecule has 0 aliphatic carbocycles. The Morgan fingerprint density at radius 2 is 0.405 bits per heavy atom. The van der Waals surface area contributed by atoms with Gasteiger partial charge in [-0.15, -0.1) is 34.0 Å². The SMILES string of the molecule is c1ccc2c(c1)sc1ccc(-n3c4ccccc4c4ccc5c6ccccc6n(-c6ccc7sc8ccc(-n9c%10ccccc%10c%10ccc%11c%12ccccc%12n(-c%12ccc%13sc%14ccccc%14c%13c%12)c%11c%109)cc8c7c6)c5c43)cc12. The molecular weight excluding hydrogens is 1020 g/mol. The van der Waals surface area contributed by atoms with Crippen LogP contribution in [0.2, 0.25) is 0 Å². The monoisotopic (exact) mass is 1060 g/mol. The van der Waals surface area contributed by atoms with Crippen molar-refractivity contribution in [2.45, 2.75) is 0 Å². The molecule has 0 radical (unpaired) electrons. The number of rotatable bonds is 4. The third-order valence-electron chi connectivity index (χ3n) is 17.1. The summed E-state index contributed by atoms with van der Waals surface area (Å²) < 4.78 is 17.9. The van der Waals surface area contributed by atoms with E-state index < -0.39 is 0 Å². The lowest BCUT2D eigenvalue weighted by Gasteiger charge is -2.14. The zero-order valence-electron chi connectivity index (χ0n) is 42.1. The Labute approximate surface area is 462 Å². The van der Waals surface area contributed by atoms with Crippen molar-refractivity contribution in [1.29, 1.82) is 0 Å². The van der Waals surface area contributed by atoms with Gasteiger partial charge >= 0.3 is 0 Å². The van der Waals surface area contributed by atoms with E-state index in [2.05, 4.69) is 261 Å². The molecule has 19 rings (SSSR count). The van der Waals surface area contributed by atoms with Gasteiger partial charge in [0.15, 0.2) is 0 Å².